The Bertz CT molecular complexity index is 752. The molecule has 1 unspecified atom stereocenters. The lowest BCUT2D eigenvalue weighted by molar-refractivity contribution is -0.128. The summed E-state index contributed by atoms with van der Waals surface area (Å²) >= 11 is 5.92. The van der Waals surface area contributed by atoms with Gasteiger partial charge >= 0.3 is 0 Å². The Labute approximate surface area is 144 Å². The predicted octanol–water partition coefficient (Wildman–Crippen LogP) is 2.39. The minimum Gasteiger partial charge on any atom is -0.491 e. The summed E-state index contributed by atoms with van der Waals surface area (Å²) < 4.78 is 5.62. The monoisotopic (exact) mass is 345 g/mol. The summed E-state index contributed by atoms with van der Waals surface area (Å²) in [5.74, 6) is -0.515. The van der Waals surface area contributed by atoms with Crippen LogP contribution in [0.4, 0.5) is 5.69 Å². The van der Waals surface area contributed by atoms with Crippen LogP contribution in [0.15, 0.2) is 42.7 Å². The molecule has 24 heavy (non-hydrogen) atoms. The van der Waals surface area contributed by atoms with E-state index in [9.17, 15) is 9.59 Å². The number of nitrogens with one attached hydrogen (secondary N) is 2. The molecule has 2 aromatic rings. The van der Waals surface area contributed by atoms with Gasteiger partial charge in [0.15, 0.2) is 0 Å². The SMILES string of the molecule is O=C(CC1COc2cc(Cl)ccc2NC1=O)NCc1cccnc1. The van der Waals surface area contributed by atoms with Gasteiger partial charge in [0, 0.05) is 36.4 Å². The van der Waals surface area contributed by atoms with Gasteiger partial charge in [-0.1, -0.05) is 17.7 Å². The Morgan fingerprint density at radius 3 is 3.08 bits per heavy atom. The summed E-state index contributed by atoms with van der Waals surface area (Å²) in [5, 5.41) is 6.07. The van der Waals surface area contributed by atoms with Crippen molar-refractivity contribution >= 4 is 29.1 Å². The first kappa shape index (κ1) is 16.3. The van der Waals surface area contributed by atoms with Crippen molar-refractivity contribution in [3.05, 3.63) is 53.3 Å². The molecule has 2 amide bonds. The highest BCUT2D eigenvalue weighted by Crippen LogP contribution is 2.31. The first-order valence-electron chi connectivity index (χ1n) is 7.50. The number of carbonyl (C=O) groups excluding carboxylic acids is 2. The molecule has 0 radical (unpaired) electrons. The second kappa shape index (κ2) is 7.31. The van der Waals surface area contributed by atoms with E-state index in [1.54, 1.807) is 36.7 Å². The van der Waals surface area contributed by atoms with Crippen molar-refractivity contribution in [2.75, 3.05) is 11.9 Å². The summed E-state index contributed by atoms with van der Waals surface area (Å²) in [6, 6.07) is 8.67. The Balaban J connectivity index is 1.57. The number of hydrogen-bond donors (Lipinski definition) is 2. The fourth-order valence-electron chi connectivity index (χ4n) is 2.37. The van der Waals surface area contributed by atoms with E-state index in [1.165, 1.54) is 0 Å². The van der Waals surface area contributed by atoms with E-state index in [0.717, 1.165) is 5.56 Å². The normalized spacial score (nSPS) is 16.4. The van der Waals surface area contributed by atoms with Gasteiger partial charge in [0.05, 0.1) is 11.6 Å². The summed E-state index contributed by atoms with van der Waals surface area (Å²) in [7, 11) is 0. The van der Waals surface area contributed by atoms with Crippen LogP contribution in [0.3, 0.4) is 0 Å². The molecule has 1 atom stereocenters. The minimum atomic E-state index is -0.565. The number of fused-ring (bicyclic) bond motifs is 1. The zero-order valence-electron chi connectivity index (χ0n) is 12.8. The molecular formula is C17H16ClN3O3. The smallest absolute Gasteiger partial charge is 0.231 e. The Kier molecular flexibility index (Phi) is 4.96. The minimum absolute atomic E-state index is 0.0494. The van der Waals surface area contributed by atoms with Crippen LogP contribution in [0.25, 0.3) is 0 Å². The number of carbonyl (C=O) groups is 2. The molecule has 6 nitrogen and oxygen atoms in total. The Morgan fingerprint density at radius 2 is 2.29 bits per heavy atom. The van der Waals surface area contributed by atoms with Gasteiger partial charge in [-0.05, 0) is 23.8 Å². The number of ether oxygens (including phenoxy) is 1. The van der Waals surface area contributed by atoms with E-state index < -0.39 is 5.92 Å². The third-order valence-electron chi connectivity index (χ3n) is 3.66. The number of anilines is 1. The highest BCUT2D eigenvalue weighted by Gasteiger charge is 2.27. The summed E-state index contributed by atoms with van der Waals surface area (Å²) in [5.41, 5.74) is 1.46. The quantitative estimate of drug-likeness (QED) is 0.891. The van der Waals surface area contributed by atoms with Gasteiger partial charge in [-0.25, -0.2) is 0 Å². The molecule has 2 N–H and O–H groups in total. The van der Waals surface area contributed by atoms with Gasteiger partial charge in [0.1, 0.15) is 12.4 Å². The van der Waals surface area contributed by atoms with E-state index in [0.29, 0.717) is 23.0 Å². The molecule has 0 bridgehead atoms. The number of hydrogen-bond acceptors (Lipinski definition) is 4. The highest BCUT2D eigenvalue weighted by molar-refractivity contribution is 6.30. The van der Waals surface area contributed by atoms with Crippen molar-refractivity contribution in [3.63, 3.8) is 0 Å². The van der Waals surface area contributed by atoms with Crippen molar-refractivity contribution in [2.24, 2.45) is 5.92 Å². The highest BCUT2D eigenvalue weighted by atomic mass is 35.5. The molecule has 124 valence electrons. The van der Waals surface area contributed by atoms with Crippen LogP contribution < -0.4 is 15.4 Å². The fraction of sp³-hybridized carbons (Fsp3) is 0.235. The standard InChI is InChI=1S/C17H16ClN3O3/c18-13-3-4-14-15(7-13)24-10-12(17(23)21-14)6-16(22)20-9-11-2-1-5-19-8-11/h1-5,7-8,12H,6,9-10H2,(H,20,22)(H,21,23). The number of pyridine rings is 1. The summed E-state index contributed by atoms with van der Waals surface area (Å²) in [6.07, 6.45) is 3.40. The van der Waals surface area contributed by atoms with Gasteiger partial charge in [-0.2, -0.15) is 0 Å². The number of benzene rings is 1. The second-order valence-electron chi connectivity index (χ2n) is 5.48. The van der Waals surface area contributed by atoms with Crippen LogP contribution in [-0.2, 0) is 16.1 Å². The van der Waals surface area contributed by atoms with E-state index in [-0.39, 0.29) is 24.8 Å². The molecule has 2 heterocycles. The molecule has 1 aromatic heterocycles. The number of rotatable bonds is 4. The van der Waals surface area contributed by atoms with Gasteiger partial charge in [-0.15, -0.1) is 0 Å². The molecule has 7 heteroatoms. The van der Waals surface area contributed by atoms with Gasteiger partial charge in [0.2, 0.25) is 11.8 Å². The Hall–Kier alpha value is -2.60. The molecule has 0 spiro atoms. The lowest BCUT2D eigenvalue weighted by atomic mass is 10.1. The molecule has 0 fully saturated rings. The molecule has 1 aliphatic rings. The zero-order chi connectivity index (χ0) is 16.9. The van der Waals surface area contributed by atoms with Crippen molar-refractivity contribution in [2.45, 2.75) is 13.0 Å². The number of amides is 2. The maximum atomic E-state index is 12.3. The van der Waals surface area contributed by atoms with E-state index >= 15 is 0 Å². The molecule has 3 rings (SSSR count). The summed E-state index contributed by atoms with van der Waals surface area (Å²) in [6.45, 7) is 0.497. The third-order valence-corrected chi connectivity index (χ3v) is 3.89. The fourth-order valence-corrected chi connectivity index (χ4v) is 2.53. The molecule has 1 aromatic carbocycles. The maximum Gasteiger partial charge on any atom is 0.231 e. The van der Waals surface area contributed by atoms with Crippen LogP contribution >= 0.6 is 11.6 Å². The number of halogens is 1. The van der Waals surface area contributed by atoms with Crippen molar-refractivity contribution < 1.29 is 14.3 Å². The van der Waals surface area contributed by atoms with Gasteiger partial charge < -0.3 is 15.4 Å². The largest absolute Gasteiger partial charge is 0.491 e. The van der Waals surface area contributed by atoms with Gasteiger partial charge in [-0.3, -0.25) is 14.6 Å². The van der Waals surface area contributed by atoms with E-state index in [1.807, 2.05) is 6.07 Å². The van der Waals surface area contributed by atoms with Crippen molar-refractivity contribution in [1.82, 2.24) is 10.3 Å². The molecule has 0 saturated heterocycles. The van der Waals surface area contributed by atoms with Crippen LogP contribution in [0.1, 0.15) is 12.0 Å². The lowest BCUT2D eigenvalue weighted by Gasteiger charge is -2.12. The number of aromatic nitrogens is 1. The lowest BCUT2D eigenvalue weighted by Crippen LogP contribution is -2.32. The van der Waals surface area contributed by atoms with Gasteiger partial charge in [0.25, 0.3) is 0 Å². The van der Waals surface area contributed by atoms with Crippen LogP contribution in [0.2, 0.25) is 5.02 Å². The second-order valence-corrected chi connectivity index (χ2v) is 5.92. The van der Waals surface area contributed by atoms with Crippen LogP contribution in [0, 0.1) is 5.92 Å². The molecule has 1 aliphatic heterocycles. The number of nitrogens with zero attached hydrogens (tertiary/aromatic N) is 1. The topological polar surface area (TPSA) is 80.3 Å². The molecule has 0 saturated carbocycles. The predicted molar refractivity (Wildman–Crippen MR) is 89.8 cm³/mol. The Morgan fingerprint density at radius 1 is 1.42 bits per heavy atom. The zero-order valence-corrected chi connectivity index (χ0v) is 13.5. The van der Waals surface area contributed by atoms with E-state index in [2.05, 4.69) is 15.6 Å². The van der Waals surface area contributed by atoms with Crippen molar-refractivity contribution in [1.29, 1.82) is 0 Å². The van der Waals surface area contributed by atoms with Crippen LogP contribution in [-0.4, -0.2) is 23.4 Å². The first-order chi connectivity index (χ1) is 11.6. The maximum absolute atomic E-state index is 12.3. The third kappa shape index (κ3) is 4.02. The molecule has 0 aliphatic carbocycles. The summed E-state index contributed by atoms with van der Waals surface area (Å²) in [4.78, 5) is 28.3. The average molecular weight is 346 g/mol. The first-order valence-corrected chi connectivity index (χ1v) is 7.88. The van der Waals surface area contributed by atoms with Crippen LogP contribution in [0.5, 0.6) is 5.75 Å². The van der Waals surface area contributed by atoms with E-state index in [4.69, 9.17) is 16.3 Å². The molecular weight excluding hydrogens is 330 g/mol. The van der Waals surface area contributed by atoms with Crippen molar-refractivity contribution in [3.8, 4) is 5.75 Å². The average Bonchev–Trinajstić information content (AvgIpc) is 2.73.